The molecule has 0 spiro atoms. The maximum atomic E-state index is 5.81. The SMILES string of the molecule is Cc1cc(Oc2cccc([C@@H]3CNCCO3)c2)sn1. The van der Waals surface area contributed by atoms with Crippen LogP contribution in [-0.2, 0) is 4.74 Å². The van der Waals surface area contributed by atoms with Crippen LogP contribution in [0.4, 0.5) is 0 Å². The highest BCUT2D eigenvalue weighted by Crippen LogP contribution is 2.29. The minimum Gasteiger partial charge on any atom is -0.445 e. The van der Waals surface area contributed by atoms with Crippen molar-refractivity contribution in [2.24, 2.45) is 0 Å². The molecule has 100 valence electrons. The molecule has 1 aromatic carbocycles. The highest BCUT2D eigenvalue weighted by Gasteiger charge is 2.16. The number of nitrogens with zero attached hydrogens (tertiary/aromatic N) is 1. The molecule has 0 saturated carbocycles. The average Bonchev–Trinajstić information content (AvgIpc) is 2.85. The van der Waals surface area contributed by atoms with Crippen LogP contribution in [0.25, 0.3) is 0 Å². The lowest BCUT2D eigenvalue weighted by molar-refractivity contribution is 0.0276. The Hall–Kier alpha value is -1.43. The Morgan fingerprint density at radius 2 is 2.37 bits per heavy atom. The first kappa shape index (κ1) is 12.6. The van der Waals surface area contributed by atoms with Crippen molar-refractivity contribution in [1.29, 1.82) is 0 Å². The number of ether oxygens (including phenoxy) is 2. The van der Waals surface area contributed by atoms with Crippen LogP contribution in [0.3, 0.4) is 0 Å². The number of morpholine rings is 1. The zero-order valence-corrected chi connectivity index (χ0v) is 11.6. The first-order chi connectivity index (χ1) is 9.31. The van der Waals surface area contributed by atoms with Crippen LogP contribution in [0.2, 0.25) is 0 Å². The zero-order chi connectivity index (χ0) is 13.1. The predicted molar refractivity (Wildman–Crippen MR) is 74.9 cm³/mol. The van der Waals surface area contributed by atoms with Gasteiger partial charge in [-0.05, 0) is 24.6 Å². The van der Waals surface area contributed by atoms with Crippen molar-refractivity contribution in [3.63, 3.8) is 0 Å². The average molecular weight is 276 g/mol. The lowest BCUT2D eigenvalue weighted by Gasteiger charge is -2.24. The molecule has 5 heteroatoms. The van der Waals surface area contributed by atoms with Gasteiger partial charge >= 0.3 is 0 Å². The van der Waals surface area contributed by atoms with E-state index in [9.17, 15) is 0 Å². The summed E-state index contributed by atoms with van der Waals surface area (Å²) < 4.78 is 15.8. The second-order valence-electron chi connectivity index (χ2n) is 4.53. The van der Waals surface area contributed by atoms with E-state index in [1.54, 1.807) is 0 Å². The molecule has 0 unspecified atom stereocenters. The number of benzene rings is 1. The quantitative estimate of drug-likeness (QED) is 0.936. The standard InChI is InChI=1S/C14H16N2O2S/c1-10-7-14(19-16-10)18-12-4-2-3-11(8-12)13-9-15-5-6-17-13/h2-4,7-8,13,15H,5-6,9H2,1H3/t13-/m0/s1. The number of hydrogen-bond acceptors (Lipinski definition) is 5. The molecular weight excluding hydrogens is 260 g/mol. The zero-order valence-electron chi connectivity index (χ0n) is 10.8. The molecule has 2 aromatic rings. The van der Waals surface area contributed by atoms with Crippen LogP contribution in [-0.4, -0.2) is 24.1 Å². The summed E-state index contributed by atoms with van der Waals surface area (Å²) in [5, 5.41) is 4.15. The van der Waals surface area contributed by atoms with Gasteiger partial charge in [0.05, 0.1) is 18.4 Å². The molecule has 1 atom stereocenters. The molecule has 2 heterocycles. The molecule has 1 fully saturated rings. The fourth-order valence-corrected chi connectivity index (χ4v) is 2.71. The van der Waals surface area contributed by atoms with Gasteiger partial charge in [-0.25, -0.2) is 0 Å². The Balaban J connectivity index is 1.75. The molecule has 19 heavy (non-hydrogen) atoms. The summed E-state index contributed by atoms with van der Waals surface area (Å²) in [6.45, 7) is 4.49. The maximum Gasteiger partial charge on any atom is 0.200 e. The van der Waals surface area contributed by atoms with Crippen molar-refractivity contribution in [1.82, 2.24) is 9.69 Å². The molecule has 0 amide bonds. The summed E-state index contributed by atoms with van der Waals surface area (Å²) in [6, 6.07) is 10.00. The Bertz CT molecular complexity index is 550. The second kappa shape index (κ2) is 5.69. The minimum absolute atomic E-state index is 0.112. The smallest absolute Gasteiger partial charge is 0.200 e. The van der Waals surface area contributed by atoms with E-state index in [2.05, 4.69) is 15.8 Å². The van der Waals surface area contributed by atoms with Gasteiger partial charge in [-0.2, -0.15) is 4.37 Å². The number of rotatable bonds is 3. The van der Waals surface area contributed by atoms with Gasteiger partial charge in [0, 0.05) is 30.7 Å². The molecular formula is C14H16N2O2S. The molecule has 0 radical (unpaired) electrons. The van der Waals surface area contributed by atoms with Crippen LogP contribution in [0.15, 0.2) is 30.3 Å². The van der Waals surface area contributed by atoms with Gasteiger partial charge in [0.2, 0.25) is 0 Å². The molecule has 0 bridgehead atoms. The summed E-state index contributed by atoms with van der Waals surface area (Å²) in [6.07, 6.45) is 0.112. The van der Waals surface area contributed by atoms with E-state index in [0.29, 0.717) is 0 Å². The summed E-state index contributed by atoms with van der Waals surface area (Å²) in [5.41, 5.74) is 2.13. The van der Waals surface area contributed by atoms with Crippen molar-refractivity contribution >= 4 is 11.5 Å². The normalized spacial score (nSPS) is 19.3. The highest BCUT2D eigenvalue weighted by molar-refractivity contribution is 7.07. The molecule has 1 saturated heterocycles. The summed E-state index contributed by atoms with van der Waals surface area (Å²) in [4.78, 5) is 0. The molecule has 4 nitrogen and oxygen atoms in total. The second-order valence-corrected chi connectivity index (χ2v) is 5.29. The topological polar surface area (TPSA) is 43.4 Å². The lowest BCUT2D eigenvalue weighted by atomic mass is 10.1. The number of aryl methyl sites for hydroxylation is 1. The van der Waals surface area contributed by atoms with Crippen LogP contribution in [0.5, 0.6) is 10.8 Å². The van der Waals surface area contributed by atoms with E-state index in [0.717, 1.165) is 41.8 Å². The Labute approximate surface area is 116 Å². The molecule has 1 aliphatic heterocycles. The van der Waals surface area contributed by atoms with Gasteiger partial charge in [-0.3, -0.25) is 0 Å². The summed E-state index contributed by atoms with van der Waals surface area (Å²) in [5.74, 6) is 0.829. The van der Waals surface area contributed by atoms with Gasteiger partial charge in [0.1, 0.15) is 5.75 Å². The van der Waals surface area contributed by atoms with Crippen molar-refractivity contribution in [2.75, 3.05) is 19.7 Å². The first-order valence-electron chi connectivity index (χ1n) is 6.35. The van der Waals surface area contributed by atoms with E-state index in [1.165, 1.54) is 11.5 Å². The molecule has 1 aliphatic rings. The minimum atomic E-state index is 0.112. The van der Waals surface area contributed by atoms with Crippen molar-refractivity contribution in [3.05, 3.63) is 41.6 Å². The predicted octanol–water partition coefficient (Wildman–Crippen LogP) is 2.90. The van der Waals surface area contributed by atoms with Crippen molar-refractivity contribution in [3.8, 4) is 10.8 Å². The largest absolute Gasteiger partial charge is 0.445 e. The third-order valence-corrected chi connectivity index (χ3v) is 3.74. The van der Waals surface area contributed by atoms with Gasteiger partial charge < -0.3 is 14.8 Å². The van der Waals surface area contributed by atoms with Crippen molar-refractivity contribution in [2.45, 2.75) is 13.0 Å². The maximum absolute atomic E-state index is 5.81. The van der Waals surface area contributed by atoms with Crippen molar-refractivity contribution < 1.29 is 9.47 Å². The monoisotopic (exact) mass is 276 g/mol. The third kappa shape index (κ3) is 3.12. The third-order valence-electron chi connectivity index (χ3n) is 2.98. The molecule has 3 rings (SSSR count). The fraction of sp³-hybridized carbons (Fsp3) is 0.357. The van der Waals surface area contributed by atoms with Gasteiger partial charge in [-0.15, -0.1) is 0 Å². The van der Waals surface area contributed by atoms with E-state index >= 15 is 0 Å². The van der Waals surface area contributed by atoms with E-state index in [4.69, 9.17) is 9.47 Å². The van der Waals surface area contributed by atoms with Gasteiger partial charge in [-0.1, -0.05) is 12.1 Å². The Morgan fingerprint density at radius 3 is 3.11 bits per heavy atom. The number of hydrogen-bond donors (Lipinski definition) is 1. The number of nitrogens with one attached hydrogen (secondary N) is 1. The fourth-order valence-electron chi connectivity index (χ4n) is 2.06. The summed E-state index contributed by atoms with van der Waals surface area (Å²) >= 11 is 1.37. The van der Waals surface area contributed by atoms with Crippen LogP contribution in [0, 0.1) is 6.92 Å². The first-order valence-corrected chi connectivity index (χ1v) is 7.12. The Morgan fingerprint density at radius 1 is 1.42 bits per heavy atom. The molecule has 0 aliphatic carbocycles. The van der Waals surface area contributed by atoms with Gasteiger partial charge in [0.15, 0.2) is 5.06 Å². The van der Waals surface area contributed by atoms with E-state index in [-0.39, 0.29) is 6.10 Å². The highest BCUT2D eigenvalue weighted by atomic mass is 32.1. The van der Waals surface area contributed by atoms with Crippen LogP contribution >= 0.6 is 11.5 Å². The van der Waals surface area contributed by atoms with E-state index in [1.807, 2.05) is 31.2 Å². The van der Waals surface area contributed by atoms with Crippen LogP contribution < -0.4 is 10.1 Å². The molecule has 1 N–H and O–H groups in total. The van der Waals surface area contributed by atoms with Crippen LogP contribution in [0.1, 0.15) is 17.4 Å². The summed E-state index contributed by atoms with van der Waals surface area (Å²) in [7, 11) is 0. The lowest BCUT2D eigenvalue weighted by Crippen LogP contribution is -2.33. The molecule has 1 aromatic heterocycles. The number of aromatic nitrogens is 1. The van der Waals surface area contributed by atoms with E-state index < -0.39 is 0 Å². The Kier molecular flexibility index (Phi) is 3.77. The van der Waals surface area contributed by atoms with Gasteiger partial charge in [0.25, 0.3) is 0 Å².